The summed E-state index contributed by atoms with van der Waals surface area (Å²) < 4.78 is 18.8. The van der Waals surface area contributed by atoms with Crippen molar-refractivity contribution in [1.82, 2.24) is 10.9 Å². The number of hydrogen-bond acceptors (Lipinski definition) is 3. The predicted molar refractivity (Wildman–Crippen MR) is 91.4 cm³/mol. The number of carbonyl (C=O) groups excluding carboxylic acids is 2. The maximum atomic E-state index is 12.7. The molecule has 0 spiro atoms. The average molecular weight is 393 g/mol. The number of hydrogen-bond donors (Lipinski definition) is 2. The van der Waals surface area contributed by atoms with E-state index in [1.54, 1.807) is 6.08 Å². The van der Waals surface area contributed by atoms with Crippen LogP contribution in [0, 0.1) is 5.82 Å². The van der Waals surface area contributed by atoms with E-state index in [0.29, 0.717) is 5.75 Å². The molecule has 0 radical (unpaired) electrons. The van der Waals surface area contributed by atoms with E-state index in [1.807, 2.05) is 24.3 Å². The van der Waals surface area contributed by atoms with Crippen molar-refractivity contribution in [3.63, 3.8) is 0 Å². The fourth-order valence-electron chi connectivity index (χ4n) is 1.63. The first kappa shape index (κ1) is 17.7. The Hall–Kier alpha value is -2.67. The van der Waals surface area contributed by atoms with Crippen LogP contribution in [0.1, 0.15) is 5.56 Å². The van der Waals surface area contributed by atoms with Crippen molar-refractivity contribution in [1.29, 1.82) is 0 Å². The van der Waals surface area contributed by atoms with Gasteiger partial charge in [0.25, 0.3) is 11.8 Å². The van der Waals surface area contributed by atoms with Crippen molar-refractivity contribution in [2.45, 2.75) is 0 Å². The van der Waals surface area contributed by atoms with E-state index in [1.165, 1.54) is 30.3 Å². The van der Waals surface area contributed by atoms with Gasteiger partial charge < -0.3 is 4.74 Å². The van der Waals surface area contributed by atoms with Crippen LogP contribution in [0.3, 0.4) is 0 Å². The lowest BCUT2D eigenvalue weighted by atomic mass is 10.2. The Bertz CT molecular complexity index is 731. The maximum Gasteiger partial charge on any atom is 0.276 e. The lowest BCUT2D eigenvalue weighted by Crippen LogP contribution is -2.43. The van der Waals surface area contributed by atoms with Gasteiger partial charge in [-0.2, -0.15) is 0 Å². The third-order valence-corrected chi connectivity index (χ3v) is 3.33. The predicted octanol–water partition coefficient (Wildman–Crippen LogP) is 2.83. The summed E-state index contributed by atoms with van der Waals surface area (Å²) in [6.07, 6.45) is 2.91. The number of amides is 2. The molecule has 0 aromatic heterocycles. The average Bonchev–Trinajstić information content (AvgIpc) is 2.59. The first-order valence-electron chi connectivity index (χ1n) is 6.94. The standard InChI is InChI=1S/C17H14BrFN2O3/c18-13-4-1-12(2-5-13)3-10-16(22)20-21-17(23)11-24-15-8-6-14(19)7-9-15/h1-10H,11H2,(H,20,22)(H,21,23)/b10-3+. The fourth-order valence-corrected chi connectivity index (χ4v) is 1.90. The van der Waals surface area contributed by atoms with Crippen molar-refractivity contribution in [3.8, 4) is 5.75 Å². The van der Waals surface area contributed by atoms with Gasteiger partial charge in [0.2, 0.25) is 0 Å². The lowest BCUT2D eigenvalue weighted by Gasteiger charge is -2.07. The fraction of sp³-hybridized carbons (Fsp3) is 0.0588. The normalized spacial score (nSPS) is 10.4. The molecular formula is C17H14BrFN2O3. The Morgan fingerprint density at radius 2 is 1.71 bits per heavy atom. The number of ether oxygens (including phenoxy) is 1. The lowest BCUT2D eigenvalue weighted by molar-refractivity contribution is -0.128. The zero-order valence-electron chi connectivity index (χ0n) is 12.5. The number of carbonyl (C=O) groups is 2. The highest BCUT2D eigenvalue weighted by Crippen LogP contribution is 2.11. The van der Waals surface area contributed by atoms with Crippen LogP contribution in [-0.4, -0.2) is 18.4 Å². The molecule has 2 aromatic carbocycles. The van der Waals surface area contributed by atoms with Crippen LogP contribution < -0.4 is 15.6 Å². The van der Waals surface area contributed by atoms with E-state index in [2.05, 4.69) is 26.8 Å². The summed E-state index contributed by atoms with van der Waals surface area (Å²) in [7, 11) is 0. The van der Waals surface area contributed by atoms with Crippen LogP contribution in [0.15, 0.2) is 59.1 Å². The van der Waals surface area contributed by atoms with Crippen LogP contribution >= 0.6 is 15.9 Å². The molecule has 0 aliphatic rings. The van der Waals surface area contributed by atoms with Gasteiger partial charge in [0, 0.05) is 10.5 Å². The molecule has 0 aliphatic carbocycles. The molecule has 0 heterocycles. The molecule has 7 heteroatoms. The maximum absolute atomic E-state index is 12.7. The van der Waals surface area contributed by atoms with E-state index in [9.17, 15) is 14.0 Å². The van der Waals surface area contributed by atoms with Crippen molar-refractivity contribution in [2.75, 3.05) is 6.61 Å². The second-order valence-corrected chi connectivity index (χ2v) is 5.58. The van der Waals surface area contributed by atoms with E-state index in [-0.39, 0.29) is 6.61 Å². The first-order valence-corrected chi connectivity index (χ1v) is 7.73. The summed E-state index contributed by atoms with van der Waals surface area (Å²) in [6.45, 7) is -0.303. The monoisotopic (exact) mass is 392 g/mol. The molecule has 0 saturated carbocycles. The molecule has 2 N–H and O–H groups in total. The van der Waals surface area contributed by atoms with Gasteiger partial charge in [-0.15, -0.1) is 0 Å². The highest BCUT2D eigenvalue weighted by Gasteiger charge is 2.04. The van der Waals surface area contributed by atoms with Gasteiger partial charge in [0.15, 0.2) is 6.61 Å². The van der Waals surface area contributed by atoms with Crippen molar-refractivity contribution < 1.29 is 18.7 Å². The Morgan fingerprint density at radius 1 is 1.04 bits per heavy atom. The molecule has 2 aromatic rings. The third-order valence-electron chi connectivity index (χ3n) is 2.81. The summed E-state index contributed by atoms with van der Waals surface area (Å²) in [5.41, 5.74) is 5.29. The second kappa shape index (κ2) is 8.83. The van der Waals surface area contributed by atoms with Crippen molar-refractivity contribution >= 4 is 33.8 Å². The Morgan fingerprint density at radius 3 is 2.38 bits per heavy atom. The zero-order valence-corrected chi connectivity index (χ0v) is 14.0. The number of benzene rings is 2. The number of halogens is 2. The summed E-state index contributed by atoms with van der Waals surface area (Å²) >= 11 is 3.32. The van der Waals surface area contributed by atoms with Crippen LogP contribution in [-0.2, 0) is 9.59 Å². The van der Waals surface area contributed by atoms with Gasteiger partial charge >= 0.3 is 0 Å². The molecule has 0 saturated heterocycles. The number of rotatable bonds is 5. The largest absolute Gasteiger partial charge is 0.484 e. The molecule has 24 heavy (non-hydrogen) atoms. The van der Waals surface area contributed by atoms with Gasteiger partial charge in [-0.05, 0) is 48.0 Å². The van der Waals surface area contributed by atoms with Crippen LogP contribution in [0.5, 0.6) is 5.75 Å². The van der Waals surface area contributed by atoms with Gasteiger partial charge in [-0.25, -0.2) is 4.39 Å². The minimum Gasteiger partial charge on any atom is -0.484 e. The molecule has 0 bridgehead atoms. The molecule has 2 amide bonds. The highest BCUT2D eigenvalue weighted by atomic mass is 79.9. The summed E-state index contributed by atoms with van der Waals surface area (Å²) in [4.78, 5) is 23.1. The minimum absolute atomic E-state index is 0.303. The van der Waals surface area contributed by atoms with Gasteiger partial charge in [-0.1, -0.05) is 28.1 Å². The van der Waals surface area contributed by atoms with Crippen molar-refractivity contribution in [2.24, 2.45) is 0 Å². The Balaban J connectivity index is 1.71. The summed E-state index contributed by atoms with van der Waals surface area (Å²) in [5.74, 6) is -1.05. The molecule has 2 rings (SSSR count). The number of nitrogens with one attached hydrogen (secondary N) is 2. The van der Waals surface area contributed by atoms with E-state index in [0.717, 1.165) is 10.0 Å². The van der Waals surface area contributed by atoms with E-state index >= 15 is 0 Å². The number of hydrazine groups is 1. The van der Waals surface area contributed by atoms with Crippen LogP contribution in [0.4, 0.5) is 4.39 Å². The molecule has 5 nitrogen and oxygen atoms in total. The Labute approximate surface area is 146 Å². The molecule has 0 aliphatic heterocycles. The first-order chi connectivity index (χ1) is 11.5. The highest BCUT2D eigenvalue weighted by molar-refractivity contribution is 9.10. The molecule has 0 unspecified atom stereocenters. The Kier molecular flexibility index (Phi) is 6.51. The quantitative estimate of drug-likeness (QED) is 0.607. The minimum atomic E-state index is -0.537. The SMILES string of the molecule is O=C(/C=C/c1ccc(Br)cc1)NNC(=O)COc1ccc(F)cc1. The topological polar surface area (TPSA) is 67.4 Å². The summed E-state index contributed by atoms with van der Waals surface area (Å²) in [6, 6.07) is 12.6. The summed E-state index contributed by atoms with van der Waals surface area (Å²) in [5, 5.41) is 0. The van der Waals surface area contributed by atoms with Gasteiger partial charge in [0.05, 0.1) is 0 Å². The van der Waals surface area contributed by atoms with E-state index < -0.39 is 17.6 Å². The van der Waals surface area contributed by atoms with Crippen LogP contribution in [0.2, 0.25) is 0 Å². The van der Waals surface area contributed by atoms with Gasteiger partial charge in [-0.3, -0.25) is 20.4 Å². The molecule has 0 atom stereocenters. The second-order valence-electron chi connectivity index (χ2n) is 4.66. The van der Waals surface area contributed by atoms with E-state index in [4.69, 9.17) is 4.74 Å². The smallest absolute Gasteiger partial charge is 0.276 e. The third kappa shape index (κ3) is 6.21. The molecule has 124 valence electrons. The van der Waals surface area contributed by atoms with Gasteiger partial charge in [0.1, 0.15) is 11.6 Å². The zero-order chi connectivity index (χ0) is 17.4. The molecular weight excluding hydrogens is 379 g/mol. The van der Waals surface area contributed by atoms with Crippen LogP contribution in [0.25, 0.3) is 6.08 Å². The molecule has 0 fully saturated rings. The van der Waals surface area contributed by atoms with Crippen molar-refractivity contribution in [3.05, 3.63) is 70.5 Å².